The van der Waals surface area contributed by atoms with Gasteiger partial charge in [-0.2, -0.15) is 0 Å². The van der Waals surface area contributed by atoms with Gasteiger partial charge in [0.15, 0.2) is 0 Å². The Morgan fingerprint density at radius 1 is 0.304 bits per heavy atom. The van der Waals surface area contributed by atoms with E-state index in [-0.39, 0.29) is 13.4 Å². The van der Waals surface area contributed by atoms with Crippen LogP contribution >= 0.6 is 45.2 Å². The first kappa shape index (κ1) is 31.0. The molecule has 0 saturated heterocycles. The van der Waals surface area contributed by atoms with Crippen LogP contribution in [0.5, 0.6) is 0 Å². The second-order valence-electron chi connectivity index (χ2n) is 16.1. The maximum absolute atomic E-state index is 2.66. The Morgan fingerprint density at radius 3 is 1.43 bits per heavy atom. The van der Waals surface area contributed by atoms with Gasteiger partial charge >= 0.3 is 0 Å². The normalized spacial score (nSPS) is 13.5. The molecule has 0 fully saturated rings. The molecule has 4 heteroatoms. The van der Waals surface area contributed by atoms with Crippen LogP contribution in [-0.2, 0) is 0 Å². The summed E-state index contributed by atoms with van der Waals surface area (Å²) in [5.41, 5.74) is 24.9. The molecule has 14 rings (SSSR count). The van der Waals surface area contributed by atoms with Gasteiger partial charge in [-0.05, 0) is 181 Å². The van der Waals surface area contributed by atoms with Gasteiger partial charge in [0.25, 0.3) is 0 Å². The van der Waals surface area contributed by atoms with Crippen LogP contribution in [0.25, 0.3) is 99.1 Å². The Labute approximate surface area is 352 Å². The lowest BCUT2D eigenvalue weighted by Gasteiger charge is -2.32. The van der Waals surface area contributed by atoms with Crippen molar-refractivity contribution in [3.63, 3.8) is 0 Å². The topological polar surface area (TPSA) is 0 Å². The van der Waals surface area contributed by atoms with E-state index in [0.29, 0.717) is 0 Å². The first-order valence-electron chi connectivity index (χ1n) is 19.5. The lowest BCUT2D eigenvalue weighted by molar-refractivity contribution is 1.61. The maximum Gasteiger partial charge on any atom is 0.244 e. The molecule has 56 heavy (non-hydrogen) atoms. The molecule has 0 aromatic heterocycles. The maximum atomic E-state index is 2.66. The number of fused-ring (bicyclic) bond motifs is 10. The molecule has 10 aromatic rings. The van der Waals surface area contributed by atoms with Gasteiger partial charge in [-0.3, -0.25) is 0 Å². The van der Waals surface area contributed by atoms with Gasteiger partial charge in [-0.1, -0.05) is 154 Å². The molecule has 0 atom stereocenters. The predicted octanol–water partition coefficient (Wildman–Crippen LogP) is 10.1. The largest absolute Gasteiger partial charge is 0.244 e. The molecule has 0 aliphatic carbocycles. The molecule has 0 N–H and O–H groups in total. The first-order valence-corrected chi connectivity index (χ1v) is 21.6. The van der Waals surface area contributed by atoms with E-state index >= 15 is 0 Å². The zero-order valence-corrected chi connectivity index (χ0v) is 34.2. The number of benzene rings is 10. The molecule has 0 spiro atoms. The van der Waals surface area contributed by atoms with Crippen molar-refractivity contribution in [2.75, 3.05) is 0 Å². The Bertz CT molecular complexity index is 3440. The molecule has 254 valence electrons. The van der Waals surface area contributed by atoms with Crippen LogP contribution in [0.4, 0.5) is 0 Å². The third-order valence-corrected chi connectivity index (χ3v) is 15.0. The summed E-state index contributed by atoms with van der Waals surface area (Å²) in [6.45, 7) is 0.374. The van der Waals surface area contributed by atoms with E-state index in [1.165, 1.54) is 139 Å². The minimum absolute atomic E-state index is 0.178. The van der Waals surface area contributed by atoms with Crippen LogP contribution in [0.3, 0.4) is 0 Å². The summed E-state index contributed by atoms with van der Waals surface area (Å²) in [7, 11) is 0. The Kier molecular flexibility index (Phi) is 5.98. The van der Waals surface area contributed by atoms with E-state index in [0.717, 1.165) is 0 Å². The van der Waals surface area contributed by atoms with Crippen molar-refractivity contribution in [2.45, 2.75) is 0 Å². The standard InChI is InChI=1S/C52H26B2I2/c55-30-21-39-32-16-8-10-18-43(32)53-44-24-35-33(28-13-5-2-6-14-28)23-34-38-20-29(27-11-3-1-4-12-27)19-37-31-15-7-9-17-42(31)54(51(37)38)45-25-41-46(56)26-36(40(22-30)52(39)53)48(44)50(41)49(35)47(34)45/h1-26H. The zero-order valence-electron chi connectivity index (χ0n) is 29.9. The molecular weight excluding hydrogens is 900 g/mol. The fraction of sp³-hybridized carbons (Fsp3) is 0. The Hall–Kier alpha value is -5.17. The van der Waals surface area contributed by atoms with E-state index in [1.54, 1.807) is 0 Å². The summed E-state index contributed by atoms with van der Waals surface area (Å²) in [4.78, 5) is 0. The smallest absolute Gasteiger partial charge is 0.0664 e. The van der Waals surface area contributed by atoms with E-state index in [4.69, 9.17) is 0 Å². The number of hydrogen-bond donors (Lipinski definition) is 0. The highest BCUT2D eigenvalue weighted by Gasteiger charge is 2.44. The van der Waals surface area contributed by atoms with Crippen molar-refractivity contribution < 1.29 is 0 Å². The van der Waals surface area contributed by atoms with Crippen LogP contribution in [0.15, 0.2) is 158 Å². The van der Waals surface area contributed by atoms with E-state index in [2.05, 4.69) is 203 Å². The van der Waals surface area contributed by atoms with Crippen molar-refractivity contribution in [1.82, 2.24) is 0 Å². The molecule has 10 aromatic carbocycles. The third kappa shape index (κ3) is 3.74. The second-order valence-corrected chi connectivity index (χ2v) is 18.5. The van der Waals surface area contributed by atoms with Crippen molar-refractivity contribution >= 4 is 124 Å². The van der Waals surface area contributed by atoms with E-state index in [1.807, 2.05) is 0 Å². The fourth-order valence-electron chi connectivity index (χ4n) is 11.5. The van der Waals surface area contributed by atoms with Gasteiger partial charge in [-0.15, -0.1) is 0 Å². The molecule has 4 aliphatic heterocycles. The molecule has 0 nitrogen and oxygen atoms in total. The Morgan fingerprint density at radius 2 is 0.786 bits per heavy atom. The van der Waals surface area contributed by atoms with Gasteiger partial charge in [0, 0.05) is 7.14 Å². The van der Waals surface area contributed by atoms with Crippen LogP contribution < -0.4 is 32.8 Å². The monoisotopic (exact) mass is 926 g/mol. The minimum atomic E-state index is 0.178. The predicted molar refractivity (Wildman–Crippen MR) is 258 cm³/mol. The minimum Gasteiger partial charge on any atom is -0.0664 e. The van der Waals surface area contributed by atoms with Crippen LogP contribution in [0.1, 0.15) is 0 Å². The summed E-state index contributed by atoms with van der Waals surface area (Å²) < 4.78 is 2.62. The highest BCUT2D eigenvalue weighted by Crippen LogP contribution is 2.50. The molecule has 0 bridgehead atoms. The van der Waals surface area contributed by atoms with Crippen molar-refractivity contribution in [1.29, 1.82) is 0 Å². The summed E-state index contributed by atoms with van der Waals surface area (Å²) in [5, 5.41) is 8.47. The zero-order chi connectivity index (χ0) is 36.6. The van der Waals surface area contributed by atoms with Crippen molar-refractivity contribution in [3.8, 4) is 66.8 Å². The van der Waals surface area contributed by atoms with Gasteiger partial charge < -0.3 is 0 Å². The molecule has 0 radical (unpaired) electrons. The third-order valence-electron chi connectivity index (χ3n) is 13.5. The lowest BCUT2D eigenvalue weighted by Crippen LogP contribution is -2.53. The summed E-state index contributed by atoms with van der Waals surface area (Å²) >= 11 is 5.21. The summed E-state index contributed by atoms with van der Waals surface area (Å²) in [6, 6.07) is 60.7. The highest BCUT2D eigenvalue weighted by atomic mass is 127. The van der Waals surface area contributed by atoms with E-state index in [9.17, 15) is 0 Å². The Balaban J connectivity index is 1.22. The van der Waals surface area contributed by atoms with Crippen LogP contribution in [0, 0.1) is 7.14 Å². The van der Waals surface area contributed by atoms with Crippen LogP contribution in [0.2, 0.25) is 0 Å². The van der Waals surface area contributed by atoms with Crippen molar-refractivity contribution in [2.24, 2.45) is 0 Å². The van der Waals surface area contributed by atoms with Gasteiger partial charge in [0.2, 0.25) is 13.4 Å². The lowest BCUT2D eigenvalue weighted by atomic mass is 9.34. The van der Waals surface area contributed by atoms with Crippen LogP contribution in [-0.4, -0.2) is 13.4 Å². The van der Waals surface area contributed by atoms with Gasteiger partial charge in [-0.25, -0.2) is 0 Å². The first-order chi connectivity index (χ1) is 27.6. The molecule has 4 heterocycles. The molecular formula is C52H26B2I2. The summed E-state index contributed by atoms with van der Waals surface area (Å²) in [5.74, 6) is 0. The van der Waals surface area contributed by atoms with E-state index < -0.39 is 0 Å². The molecule has 0 amide bonds. The highest BCUT2D eigenvalue weighted by molar-refractivity contribution is 14.1. The van der Waals surface area contributed by atoms with Gasteiger partial charge in [0.1, 0.15) is 0 Å². The molecule has 0 saturated carbocycles. The average molecular weight is 926 g/mol. The quantitative estimate of drug-likeness (QED) is 0.0921. The van der Waals surface area contributed by atoms with Crippen molar-refractivity contribution in [3.05, 3.63) is 165 Å². The molecule has 4 aliphatic rings. The fourth-order valence-corrected chi connectivity index (χ4v) is 12.9. The molecule has 0 unspecified atom stereocenters. The number of hydrogen-bond acceptors (Lipinski definition) is 0. The summed E-state index contributed by atoms with van der Waals surface area (Å²) in [6.07, 6.45) is 0. The SMILES string of the molecule is Ic1cc2c3c(c1)-c1cc(I)c4cc5c6c(cc(-c7ccccc7)c7cc(c1c4c76)B3c1ccccc1-2)-c1cc(-c2ccccc2)cc2c1B5c1ccccc1-2. The van der Waals surface area contributed by atoms with Gasteiger partial charge in [0.05, 0.1) is 0 Å². The average Bonchev–Trinajstić information content (AvgIpc) is 3.76. The number of halogens is 2. The number of rotatable bonds is 2. The second kappa shape index (κ2) is 10.8.